The molecule has 3 rings (SSSR count). The third kappa shape index (κ3) is 2.52. The van der Waals surface area contributed by atoms with Crippen molar-refractivity contribution in [2.45, 2.75) is 57.8 Å². The second-order valence-corrected chi connectivity index (χ2v) is 6.62. The summed E-state index contributed by atoms with van der Waals surface area (Å²) in [7, 11) is -0.597. The minimum absolute atomic E-state index is 0.215. The Hall–Kier alpha value is -1.58. The smallest absolute Gasteiger partial charge is 0.487 e. The fourth-order valence-electron chi connectivity index (χ4n) is 2.18. The standard InChI is InChI=1S/C15H19BN2O3/c1-14(2)15(3,4)21-16(20-14)12-8-18-9-13(11(12)7-17)19-10-5-6-10/h8-10H,5-6H2,1-4H3. The highest BCUT2D eigenvalue weighted by molar-refractivity contribution is 6.62. The van der Waals surface area contributed by atoms with Crippen LogP contribution < -0.4 is 10.2 Å². The van der Waals surface area contributed by atoms with Gasteiger partial charge >= 0.3 is 7.12 Å². The van der Waals surface area contributed by atoms with Crippen molar-refractivity contribution in [1.29, 1.82) is 5.26 Å². The first kappa shape index (κ1) is 14.4. The van der Waals surface area contributed by atoms with E-state index in [0.29, 0.717) is 16.8 Å². The van der Waals surface area contributed by atoms with Crippen molar-refractivity contribution < 1.29 is 14.0 Å². The fraction of sp³-hybridized carbons (Fsp3) is 0.600. The number of ether oxygens (including phenoxy) is 1. The molecule has 0 aromatic carbocycles. The lowest BCUT2D eigenvalue weighted by atomic mass is 9.77. The largest absolute Gasteiger partial charge is 0.497 e. The van der Waals surface area contributed by atoms with Crippen molar-refractivity contribution in [3.8, 4) is 11.8 Å². The second kappa shape index (κ2) is 4.72. The molecule has 1 aliphatic heterocycles. The highest BCUT2D eigenvalue weighted by atomic mass is 16.7. The first-order valence-electron chi connectivity index (χ1n) is 7.24. The third-order valence-corrected chi connectivity index (χ3v) is 4.38. The second-order valence-electron chi connectivity index (χ2n) is 6.62. The average Bonchev–Trinajstić information content (AvgIpc) is 3.17. The number of rotatable bonds is 3. The molecule has 0 spiro atoms. The Morgan fingerprint density at radius 2 is 1.86 bits per heavy atom. The molecule has 0 unspecified atom stereocenters. The Labute approximate surface area is 125 Å². The summed E-state index contributed by atoms with van der Waals surface area (Å²) in [6, 6.07) is 2.20. The van der Waals surface area contributed by atoms with Crippen LogP contribution in [0.25, 0.3) is 0 Å². The van der Waals surface area contributed by atoms with Gasteiger partial charge in [0.1, 0.15) is 6.07 Å². The minimum Gasteiger partial charge on any atom is -0.487 e. The van der Waals surface area contributed by atoms with Crippen LogP contribution in [-0.2, 0) is 9.31 Å². The predicted molar refractivity (Wildman–Crippen MR) is 78.3 cm³/mol. The minimum atomic E-state index is -0.597. The van der Waals surface area contributed by atoms with E-state index >= 15 is 0 Å². The summed E-state index contributed by atoms with van der Waals surface area (Å²) in [6.45, 7) is 7.93. The molecular formula is C15H19BN2O3. The Balaban J connectivity index is 1.94. The van der Waals surface area contributed by atoms with Gasteiger partial charge in [0.15, 0.2) is 5.75 Å². The van der Waals surface area contributed by atoms with Crippen LogP contribution in [0.3, 0.4) is 0 Å². The summed E-state index contributed by atoms with van der Waals surface area (Å²) >= 11 is 0. The molecule has 21 heavy (non-hydrogen) atoms. The van der Waals surface area contributed by atoms with E-state index in [-0.39, 0.29) is 6.10 Å². The van der Waals surface area contributed by atoms with Crippen LogP contribution in [0.5, 0.6) is 5.75 Å². The van der Waals surface area contributed by atoms with Gasteiger partial charge in [-0.3, -0.25) is 4.98 Å². The van der Waals surface area contributed by atoms with Gasteiger partial charge in [-0.25, -0.2) is 0 Å². The molecule has 110 valence electrons. The highest BCUT2D eigenvalue weighted by Crippen LogP contribution is 2.37. The molecule has 0 radical (unpaired) electrons. The van der Waals surface area contributed by atoms with Crippen molar-refractivity contribution in [3.63, 3.8) is 0 Å². The van der Waals surface area contributed by atoms with E-state index in [1.165, 1.54) is 0 Å². The van der Waals surface area contributed by atoms with Crippen molar-refractivity contribution in [3.05, 3.63) is 18.0 Å². The molecule has 6 heteroatoms. The summed E-state index contributed by atoms with van der Waals surface area (Å²) in [5.41, 5.74) is 0.194. The number of hydrogen-bond donors (Lipinski definition) is 0. The van der Waals surface area contributed by atoms with Crippen LogP contribution in [-0.4, -0.2) is 29.4 Å². The summed E-state index contributed by atoms with van der Waals surface area (Å²) in [6.07, 6.45) is 5.50. The zero-order valence-corrected chi connectivity index (χ0v) is 12.8. The van der Waals surface area contributed by atoms with Gasteiger partial charge in [0.25, 0.3) is 0 Å². The SMILES string of the molecule is CC1(C)OB(c2cncc(OC3CC3)c2C#N)OC1(C)C. The maximum atomic E-state index is 9.48. The van der Waals surface area contributed by atoms with Crippen molar-refractivity contribution in [2.24, 2.45) is 0 Å². The molecule has 2 aliphatic rings. The van der Waals surface area contributed by atoms with Crippen molar-refractivity contribution in [2.75, 3.05) is 0 Å². The van der Waals surface area contributed by atoms with E-state index in [4.69, 9.17) is 14.0 Å². The maximum Gasteiger partial charge on any atom is 0.497 e. The first-order chi connectivity index (χ1) is 9.84. The van der Waals surface area contributed by atoms with Crippen LogP contribution in [0.4, 0.5) is 0 Å². The van der Waals surface area contributed by atoms with Crippen molar-refractivity contribution >= 4 is 12.6 Å². The van der Waals surface area contributed by atoms with E-state index < -0.39 is 18.3 Å². The molecule has 0 atom stereocenters. The lowest BCUT2D eigenvalue weighted by molar-refractivity contribution is 0.00578. The van der Waals surface area contributed by atoms with E-state index in [2.05, 4.69) is 11.1 Å². The van der Waals surface area contributed by atoms with Gasteiger partial charge in [0.05, 0.1) is 29.1 Å². The number of nitrogens with zero attached hydrogens (tertiary/aromatic N) is 2. The van der Waals surface area contributed by atoms with E-state index in [1.54, 1.807) is 12.4 Å². The quantitative estimate of drug-likeness (QED) is 0.793. The number of nitriles is 1. The van der Waals surface area contributed by atoms with E-state index in [0.717, 1.165) is 12.8 Å². The van der Waals surface area contributed by atoms with Gasteiger partial charge < -0.3 is 14.0 Å². The molecule has 1 aromatic heterocycles. The zero-order chi connectivity index (χ0) is 15.3. The number of pyridine rings is 1. The van der Waals surface area contributed by atoms with E-state index in [9.17, 15) is 5.26 Å². The Bertz CT molecular complexity index is 589. The van der Waals surface area contributed by atoms with Crippen LogP contribution in [0.1, 0.15) is 46.1 Å². The van der Waals surface area contributed by atoms with Gasteiger partial charge in [0.2, 0.25) is 0 Å². The molecule has 0 bridgehead atoms. The Morgan fingerprint density at radius 3 is 2.38 bits per heavy atom. The number of aromatic nitrogens is 1. The molecule has 1 aromatic rings. The summed E-state index contributed by atoms with van der Waals surface area (Å²) in [4.78, 5) is 4.18. The predicted octanol–water partition coefficient (Wildman–Crippen LogP) is 1.79. The molecule has 2 heterocycles. The van der Waals surface area contributed by atoms with Gasteiger partial charge in [0, 0.05) is 11.7 Å². The lowest BCUT2D eigenvalue weighted by Gasteiger charge is -2.32. The molecule has 1 saturated heterocycles. The normalized spacial score (nSPS) is 22.9. The average molecular weight is 286 g/mol. The molecular weight excluding hydrogens is 267 g/mol. The van der Waals surface area contributed by atoms with Gasteiger partial charge in [-0.2, -0.15) is 5.26 Å². The van der Waals surface area contributed by atoms with Gasteiger partial charge in [-0.15, -0.1) is 0 Å². The summed E-state index contributed by atoms with van der Waals surface area (Å²) in [5, 5.41) is 9.48. The number of hydrogen-bond acceptors (Lipinski definition) is 5. The summed E-state index contributed by atoms with van der Waals surface area (Å²) < 4.78 is 17.8. The van der Waals surface area contributed by atoms with Crippen LogP contribution >= 0.6 is 0 Å². The lowest BCUT2D eigenvalue weighted by Crippen LogP contribution is -2.41. The first-order valence-corrected chi connectivity index (χ1v) is 7.24. The monoisotopic (exact) mass is 286 g/mol. The van der Waals surface area contributed by atoms with E-state index in [1.807, 2.05) is 27.7 Å². The molecule has 5 nitrogen and oxygen atoms in total. The third-order valence-electron chi connectivity index (χ3n) is 4.38. The topological polar surface area (TPSA) is 64.4 Å². The Morgan fingerprint density at radius 1 is 1.24 bits per heavy atom. The van der Waals surface area contributed by atoms with Crippen molar-refractivity contribution in [1.82, 2.24) is 4.98 Å². The molecule has 0 amide bonds. The van der Waals surface area contributed by atoms with Gasteiger partial charge in [-0.1, -0.05) is 0 Å². The summed E-state index contributed by atoms with van der Waals surface area (Å²) in [5.74, 6) is 0.521. The van der Waals surface area contributed by atoms with Crippen LogP contribution in [0.15, 0.2) is 12.4 Å². The zero-order valence-electron chi connectivity index (χ0n) is 12.8. The molecule has 2 fully saturated rings. The molecule has 1 aliphatic carbocycles. The van der Waals surface area contributed by atoms with Crippen LogP contribution in [0, 0.1) is 11.3 Å². The Kier molecular flexibility index (Phi) is 3.23. The molecule has 1 saturated carbocycles. The van der Waals surface area contributed by atoms with Crippen LogP contribution in [0.2, 0.25) is 0 Å². The molecule has 0 N–H and O–H groups in total. The highest BCUT2D eigenvalue weighted by Gasteiger charge is 2.52. The fourth-order valence-corrected chi connectivity index (χ4v) is 2.18. The maximum absolute atomic E-state index is 9.48. The van der Waals surface area contributed by atoms with Gasteiger partial charge in [-0.05, 0) is 40.5 Å².